The van der Waals surface area contributed by atoms with Crippen LogP contribution in [0.5, 0.6) is 0 Å². The lowest BCUT2D eigenvalue weighted by Crippen LogP contribution is -2.43. The Morgan fingerprint density at radius 3 is 2.50 bits per heavy atom. The van der Waals surface area contributed by atoms with Gasteiger partial charge in [0.15, 0.2) is 5.16 Å². The summed E-state index contributed by atoms with van der Waals surface area (Å²) in [7, 11) is 0. The van der Waals surface area contributed by atoms with Gasteiger partial charge < -0.3 is 9.47 Å². The number of hydrogen-bond donors (Lipinski definition) is 0. The summed E-state index contributed by atoms with van der Waals surface area (Å²) in [6, 6.07) is 10.3. The molecular formula is C20H28N4OS. The largest absolute Gasteiger partial charge is 0.341 e. The minimum absolute atomic E-state index is 0.212. The number of rotatable bonds is 6. The lowest BCUT2D eigenvalue weighted by molar-refractivity contribution is -0.130. The Hall–Kier alpha value is -1.82. The van der Waals surface area contributed by atoms with E-state index in [1.54, 1.807) is 0 Å². The molecular weight excluding hydrogens is 344 g/mol. The van der Waals surface area contributed by atoms with Crippen LogP contribution in [-0.2, 0) is 17.8 Å². The lowest BCUT2D eigenvalue weighted by atomic mass is 9.92. The van der Waals surface area contributed by atoms with Crippen LogP contribution in [0.2, 0.25) is 0 Å². The molecule has 1 fully saturated rings. The average molecular weight is 373 g/mol. The summed E-state index contributed by atoms with van der Waals surface area (Å²) in [6.07, 6.45) is 1.97. The van der Waals surface area contributed by atoms with E-state index in [1.807, 2.05) is 23.1 Å². The maximum atomic E-state index is 12.6. The van der Waals surface area contributed by atoms with Crippen molar-refractivity contribution in [2.75, 3.05) is 18.8 Å². The number of thioether (sulfide) groups is 1. The number of amides is 1. The molecule has 5 nitrogen and oxygen atoms in total. The molecule has 2 aromatic rings. The van der Waals surface area contributed by atoms with Gasteiger partial charge in [0.2, 0.25) is 5.91 Å². The first kappa shape index (κ1) is 19.0. The maximum Gasteiger partial charge on any atom is 0.233 e. The Kier molecular flexibility index (Phi) is 6.35. The molecule has 0 bridgehead atoms. The second kappa shape index (κ2) is 8.71. The Bertz CT molecular complexity index is 721. The molecule has 0 aliphatic carbocycles. The van der Waals surface area contributed by atoms with Crippen molar-refractivity contribution in [2.24, 2.45) is 11.8 Å². The number of nitrogens with zero attached hydrogens (tertiary/aromatic N) is 4. The molecule has 0 radical (unpaired) electrons. The van der Waals surface area contributed by atoms with Gasteiger partial charge in [-0.2, -0.15) is 0 Å². The van der Waals surface area contributed by atoms with Crippen LogP contribution < -0.4 is 0 Å². The van der Waals surface area contributed by atoms with E-state index in [4.69, 9.17) is 0 Å². The van der Waals surface area contributed by atoms with E-state index >= 15 is 0 Å². The smallest absolute Gasteiger partial charge is 0.233 e. The van der Waals surface area contributed by atoms with Gasteiger partial charge in [-0.3, -0.25) is 4.79 Å². The SMILES string of the molecule is CCn1c(Cc2ccccc2)nnc1SCC(=O)N1C[C@H](C)C[C@H](C)C1. The summed E-state index contributed by atoms with van der Waals surface area (Å²) in [5.41, 5.74) is 1.22. The molecule has 140 valence electrons. The molecule has 1 amide bonds. The number of hydrogen-bond acceptors (Lipinski definition) is 4. The van der Waals surface area contributed by atoms with Crippen LogP contribution in [0, 0.1) is 11.8 Å². The number of likely N-dealkylation sites (tertiary alicyclic amines) is 1. The van der Waals surface area contributed by atoms with Crippen molar-refractivity contribution in [1.29, 1.82) is 0 Å². The van der Waals surface area contributed by atoms with E-state index in [9.17, 15) is 4.79 Å². The Morgan fingerprint density at radius 2 is 1.85 bits per heavy atom. The van der Waals surface area contributed by atoms with Gasteiger partial charge >= 0.3 is 0 Å². The minimum atomic E-state index is 0.212. The van der Waals surface area contributed by atoms with Crippen molar-refractivity contribution in [1.82, 2.24) is 19.7 Å². The van der Waals surface area contributed by atoms with E-state index in [1.165, 1.54) is 23.7 Å². The molecule has 1 aromatic heterocycles. The fourth-order valence-corrected chi connectivity index (χ4v) is 4.66. The van der Waals surface area contributed by atoms with Gasteiger partial charge in [-0.25, -0.2) is 0 Å². The van der Waals surface area contributed by atoms with Crippen LogP contribution >= 0.6 is 11.8 Å². The van der Waals surface area contributed by atoms with Crippen LogP contribution in [0.15, 0.2) is 35.5 Å². The molecule has 0 spiro atoms. The average Bonchev–Trinajstić information content (AvgIpc) is 3.01. The van der Waals surface area contributed by atoms with E-state index in [0.29, 0.717) is 17.6 Å². The Morgan fingerprint density at radius 1 is 1.15 bits per heavy atom. The predicted octanol–water partition coefficient (Wildman–Crippen LogP) is 3.49. The zero-order valence-electron chi connectivity index (χ0n) is 15.9. The van der Waals surface area contributed by atoms with E-state index in [2.05, 4.69) is 47.7 Å². The first-order valence-electron chi connectivity index (χ1n) is 9.43. The van der Waals surface area contributed by atoms with Crippen molar-refractivity contribution < 1.29 is 4.79 Å². The van der Waals surface area contributed by atoms with Gasteiger partial charge in [0.1, 0.15) is 5.82 Å². The second-order valence-corrected chi connectivity index (χ2v) is 8.28. The van der Waals surface area contributed by atoms with Crippen LogP contribution in [-0.4, -0.2) is 44.4 Å². The second-order valence-electron chi connectivity index (χ2n) is 7.34. The summed E-state index contributed by atoms with van der Waals surface area (Å²) in [5.74, 6) is 2.77. The number of carbonyl (C=O) groups is 1. The Balaban J connectivity index is 1.62. The van der Waals surface area contributed by atoms with Gasteiger partial charge in [0.05, 0.1) is 5.75 Å². The summed E-state index contributed by atoms with van der Waals surface area (Å²) in [6.45, 7) is 9.12. The monoisotopic (exact) mass is 372 g/mol. The van der Waals surface area contributed by atoms with Gasteiger partial charge in [-0.05, 0) is 30.7 Å². The third kappa shape index (κ3) is 4.67. The highest BCUT2D eigenvalue weighted by Gasteiger charge is 2.25. The van der Waals surface area contributed by atoms with Crippen molar-refractivity contribution in [3.63, 3.8) is 0 Å². The summed E-state index contributed by atoms with van der Waals surface area (Å²) < 4.78 is 2.12. The van der Waals surface area contributed by atoms with Crippen LogP contribution in [0.25, 0.3) is 0 Å². The topological polar surface area (TPSA) is 51.0 Å². The first-order valence-corrected chi connectivity index (χ1v) is 10.4. The van der Waals surface area contributed by atoms with Crippen molar-refractivity contribution in [3.8, 4) is 0 Å². The summed E-state index contributed by atoms with van der Waals surface area (Å²) >= 11 is 1.51. The highest BCUT2D eigenvalue weighted by molar-refractivity contribution is 7.99. The quantitative estimate of drug-likeness (QED) is 0.729. The molecule has 26 heavy (non-hydrogen) atoms. The van der Waals surface area contributed by atoms with Crippen LogP contribution in [0.3, 0.4) is 0 Å². The van der Waals surface area contributed by atoms with Crippen molar-refractivity contribution in [2.45, 2.75) is 45.3 Å². The van der Waals surface area contributed by atoms with E-state index in [0.717, 1.165) is 37.0 Å². The van der Waals surface area contributed by atoms with Gasteiger partial charge in [-0.1, -0.05) is 55.9 Å². The Labute approximate surface area is 160 Å². The molecule has 2 heterocycles. The molecule has 3 rings (SSSR count). The highest BCUT2D eigenvalue weighted by atomic mass is 32.2. The molecule has 2 atom stereocenters. The van der Waals surface area contributed by atoms with Gasteiger partial charge in [0, 0.05) is 26.1 Å². The van der Waals surface area contributed by atoms with Crippen molar-refractivity contribution in [3.05, 3.63) is 41.7 Å². The molecule has 0 saturated carbocycles. The summed E-state index contributed by atoms with van der Waals surface area (Å²) in [4.78, 5) is 14.6. The molecule has 1 aliphatic heterocycles. The molecule has 1 aliphatic rings. The third-order valence-electron chi connectivity index (χ3n) is 4.86. The normalized spacial score (nSPS) is 20.3. The highest BCUT2D eigenvalue weighted by Crippen LogP contribution is 2.23. The maximum absolute atomic E-state index is 12.6. The molecule has 6 heteroatoms. The van der Waals surface area contributed by atoms with Gasteiger partial charge in [0.25, 0.3) is 0 Å². The van der Waals surface area contributed by atoms with Gasteiger partial charge in [-0.15, -0.1) is 10.2 Å². The van der Waals surface area contributed by atoms with Crippen LogP contribution in [0.1, 0.15) is 38.6 Å². The molecule has 1 saturated heterocycles. The number of piperidine rings is 1. The number of carbonyl (C=O) groups excluding carboxylic acids is 1. The van der Waals surface area contributed by atoms with Crippen LogP contribution in [0.4, 0.5) is 0 Å². The minimum Gasteiger partial charge on any atom is -0.341 e. The molecule has 0 unspecified atom stereocenters. The lowest BCUT2D eigenvalue weighted by Gasteiger charge is -2.34. The number of benzene rings is 1. The summed E-state index contributed by atoms with van der Waals surface area (Å²) in [5, 5.41) is 9.54. The fraction of sp³-hybridized carbons (Fsp3) is 0.550. The third-order valence-corrected chi connectivity index (χ3v) is 5.81. The first-order chi connectivity index (χ1) is 12.6. The standard InChI is InChI=1S/C20H28N4OS/c1-4-24-18(11-17-8-6-5-7-9-17)21-22-20(24)26-14-19(25)23-12-15(2)10-16(3)13-23/h5-9,15-16H,4,10-14H2,1-3H3/t15-,16+. The zero-order chi connectivity index (χ0) is 18.5. The predicted molar refractivity (Wildman–Crippen MR) is 105 cm³/mol. The molecule has 0 N–H and O–H groups in total. The van der Waals surface area contributed by atoms with E-state index < -0.39 is 0 Å². The number of aromatic nitrogens is 3. The van der Waals surface area contributed by atoms with Crippen molar-refractivity contribution >= 4 is 17.7 Å². The fourth-order valence-electron chi connectivity index (χ4n) is 3.74. The van der Waals surface area contributed by atoms with E-state index in [-0.39, 0.29) is 5.91 Å². The molecule has 1 aromatic carbocycles. The zero-order valence-corrected chi connectivity index (χ0v) is 16.7.